The summed E-state index contributed by atoms with van der Waals surface area (Å²) in [6, 6.07) is 2.37. The van der Waals surface area contributed by atoms with Crippen molar-refractivity contribution in [1.82, 2.24) is 5.32 Å². The molecule has 0 saturated carbocycles. The van der Waals surface area contributed by atoms with Crippen LogP contribution in [0.5, 0.6) is 0 Å². The fourth-order valence-corrected chi connectivity index (χ4v) is 2.39. The molecule has 1 aliphatic rings. The molecule has 84 valence electrons. The Kier molecular flexibility index (Phi) is 2.85. The van der Waals surface area contributed by atoms with E-state index in [0.717, 1.165) is 18.6 Å². The van der Waals surface area contributed by atoms with E-state index in [-0.39, 0.29) is 12.0 Å². The van der Waals surface area contributed by atoms with Gasteiger partial charge in [0.1, 0.15) is 5.76 Å². The van der Waals surface area contributed by atoms with Gasteiger partial charge in [0.2, 0.25) is 0 Å². The molecule has 0 aliphatic heterocycles. The Balaban J connectivity index is 2.18. The van der Waals surface area contributed by atoms with Crippen molar-refractivity contribution in [3.8, 4) is 0 Å². The van der Waals surface area contributed by atoms with E-state index >= 15 is 0 Å². The van der Waals surface area contributed by atoms with Crippen LogP contribution in [0, 0.1) is 5.41 Å². The van der Waals surface area contributed by atoms with E-state index in [4.69, 9.17) is 9.52 Å². The maximum atomic E-state index is 8.84. The maximum absolute atomic E-state index is 8.84. The molecule has 15 heavy (non-hydrogen) atoms. The summed E-state index contributed by atoms with van der Waals surface area (Å²) in [5.41, 5.74) is 1.54. The molecule has 3 heteroatoms. The SMILES string of the molecule is CC1(C)Cc2occc2C(NCCO)C1. The summed E-state index contributed by atoms with van der Waals surface area (Å²) in [6.45, 7) is 5.34. The van der Waals surface area contributed by atoms with E-state index in [1.165, 1.54) is 5.56 Å². The van der Waals surface area contributed by atoms with Crippen molar-refractivity contribution in [3.05, 3.63) is 23.7 Å². The minimum Gasteiger partial charge on any atom is -0.469 e. The second kappa shape index (κ2) is 3.99. The van der Waals surface area contributed by atoms with Gasteiger partial charge in [0.25, 0.3) is 0 Å². The molecular weight excluding hydrogens is 190 g/mol. The van der Waals surface area contributed by atoms with E-state index < -0.39 is 0 Å². The Bertz CT molecular complexity index is 330. The molecule has 3 nitrogen and oxygen atoms in total. The highest BCUT2D eigenvalue weighted by atomic mass is 16.3. The van der Waals surface area contributed by atoms with Crippen LogP contribution in [0.4, 0.5) is 0 Å². The molecule has 0 amide bonds. The summed E-state index contributed by atoms with van der Waals surface area (Å²) in [5, 5.41) is 12.2. The second-order valence-electron chi connectivity index (χ2n) is 5.07. The highest BCUT2D eigenvalue weighted by Gasteiger charge is 2.33. The highest BCUT2D eigenvalue weighted by molar-refractivity contribution is 5.26. The summed E-state index contributed by atoms with van der Waals surface area (Å²) >= 11 is 0. The molecule has 1 unspecified atom stereocenters. The van der Waals surface area contributed by atoms with Crippen molar-refractivity contribution in [2.45, 2.75) is 32.7 Å². The van der Waals surface area contributed by atoms with Crippen LogP contribution < -0.4 is 5.32 Å². The molecule has 0 aromatic carbocycles. The van der Waals surface area contributed by atoms with Gasteiger partial charge in [-0.15, -0.1) is 0 Å². The molecule has 1 atom stereocenters. The number of furan rings is 1. The predicted octanol–water partition coefficient (Wildman–Crippen LogP) is 1.88. The Hall–Kier alpha value is -0.800. The number of hydrogen-bond acceptors (Lipinski definition) is 3. The summed E-state index contributed by atoms with van der Waals surface area (Å²) in [6.07, 6.45) is 3.87. The normalized spacial score (nSPS) is 23.8. The third kappa shape index (κ3) is 2.24. The van der Waals surface area contributed by atoms with Gasteiger partial charge >= 0.3 is 0 Å². The van der Waals surface area contributed by atoms with Crippen molar-refractivity contribution >= 4 is 0 Å². The average Bonchev–Trinajstić information content (AvgIpc) is 2.59. The van der Waals surface area contributed by atoms with Gasteiger partial charge < -0.3 is 14.8 Å². The van der Waals surface area contributed by atoms with E-state index in [1.54, 1.807) is 6.26 Å². The van der Waals surface area contributed by atoms with Crippen LogP contribution in [0.1, 0.15) is 37.6 Å². The van der Waals surface area contributed by atoms with Gasteiger partial charge in [-0.3, -0.25) is 0 Å². The van der Waals surface area contributed by atoms with Crippen molar-refractivity contribution in [1.29, 1.82) is 0 Å². The predicted molar refractivity (Wildman–Crippen MR) is 58.6 cm³/mol. The number of rotatable bonds is 3. The lowest BCUT2D eigenvalue weighted by molar-refractivity contribution is 0.221. The molecule has 0 bridgehead atoms. The molecule has 0 spiro atoms. The van der Waals surface area contributed by atoms with E-state index in [0.29, 0.717) is 12.6 Å². The van der Waals surface area contributed by atoms with Gasteiger partial charge in [0.15, 0.2) is 0 Å². The Labute approximate surface area is 90.5 Å². The molecule has 1 aromatic heterocycles. The fourth-order valence-electron chi connectivity index (χ4n) is 2.39. The van der Waals surface area contributed by atoms with Crippen molar-refractivity contribution in [3.63, 3.8) is 0 Å². The third-order valence-electron chi connectivity index (χ3n) is 3.05. The molecule has 1 heterocycles. The first kappa shape index (κ1) is 10.7. The number of hydrogen-bond donors (Lipinski definition) is 2. The van der Waals surface area contributed by atoms with Crippen molar-refractivity contribution in [2.75, 3.05) is 13.2 Å². The first-order chi connectivity index (χ1) is 7.12. The van der Waals surface area contributed by atoms with Gasteiger partial charge in [0, 0.05) is 24.6 Å². The standard InChI is InChI=1S/C12H19NO2/c1-12(2)7-10(13-4-5-14)9-3-6-15-11(9)8-12/h3,6,10,13-14H,4-5,7-8H2,1-2H3. The van der Waals surface area contributed by atoms with Crippen LogP contribution >= 0.6 is 0 Å². The van der Waals surface area contributed by atoms with Crippen LogP contribution in [-0.4, -0.2) is 18.3 Å². The highest BCUT2D eigenvalue weighted by Crippen LogP contribution is 2.40. The fraction of sp³-hybridized carbons (Fsp3) is 0.667. The van der Waals surface area contributed by atoms with Crippen LogP contribution in [0.3, 0.4) is 0 Å². The number of fused-ring (bicyclic) bond motifs is 1. The quantitative estimate of drug-likeness (QED) is 0.799. The first-order valence-corrected chi connectivity index (χ1v) is 5.53. The molecule has 0 fully saturated rings. The van der Waals surface area contributed by atoms with E-state index in [1.807, 2.05) is 6.07 Å². The van der Waals surface area contributed by atoms with Crippen LogP contribution in [0.15, 0.2) is 16.7 Å². The van der Waals surface area contributed by atoms with Gasteiger partial charge in [0.05, 0.1) is 12.9 Å². The minimum atomic E-state index is 0.185. The first-order valence-electron chi connectivity index (χ1n) is 5.53. The Morgan fingerprint density at radius 3 is 3.13 bits per heavy atom. The zero-order chi connectivity index (χ0) is 10.9. The van der Waals surface area contributed by atoms with E-state index in [9.17, 15) is 0 Å². The Morgan fingerprint density at radius 2 is 2.40 bits per heavy atom. The molecule has 1 aromatic rings. The van der Waals surface area contributed by atoms with Crippen molar-refractivity contribution < 1.29 is 9.52 Å². The van der Waals surface area contributed by atoms with Gasteiger partial charge in [-0.25, -0.2) is 0 Å². The van der Waals surface area contributed by atoms with Crippen LogP contribution in [0.25, 0.3) is 0 Å². The largest absolute Gasteiger partial charge is 0.469 e. The maximum Gasteiger partial charge on any atom is 0.109 e. The zero-order valence-electron chi connectivity index (χ0n) is 9.42. The lowest BCUT2D eigenvalue weighted by Crippen LogP contribution is -2.33. The molecule has 2 N–H and O–H groups in total. The smallest absolute Gasteiger partial charge is 0.109 e. The summed E-state index contributed by atoms with van der Waals surface area (Å²) in [7, 11) is 0. The summed E-state index contributed by atoms with van der Waals surface area (Å²) in [5.74, 6) is 1.10. The number of aliphatic hydroxyl groups is 1. The molecule has 1 aliphatic carbocycles. The summed E-state index contributed by atoms with van der Waals surface area (Å²) in [4.78, 5) is 0. The molecular formula is C12H19NO2. The topological polar surface area (TPSA) is 45.4 Å². The molecule has 0 saturated heterocycles. The van der Waals surface area contributed by atoms with Gasteiger partial charge in [-0.2, -0.15) is 0 Å². The molecule has 0 radical (unpaired) electrons. The average molecular weight is 209 g/mol. The monoisotopic (exact) mass is 209 g/mol. The number of aliphatic hydroxyl groups excluding tert-OH is 1. The summed E-state index contributed by atoms with van der Waals surface area (Å²) < 4.78 is 5.50. The minimum absolute atomic E-state index is 0.185. The van der Waals surface area contributed by atoms with Crippen molar-refractivity contribution in [2.24, 2.45) is 5.41 Å². The molecule has 2 rings (SSSR count). The van der Waals surface area contributed by atoms with Gasteiger partial charge in [-0.1, -0.05) is 13.8 Å². The zero-order valence-corrected chi connectivity index (χ0v) is 9.42. The lowest BCUT2D eigenvalue weighted by Gasteiger charge is -2.34. The van der Waals surface area contributed by atoms with Gasteiger partial charge in [-0.05, 0) is 17.9 Å². The van der Waals surface area contributed by atoms with Crippen LogP contribution in [-0.2, 0) is 6.42 Å². The second-order valence-corrected chi connectivity index (χ2v) is 5.07. The number of nitrogens with one attached hydrogen (secondary N) is 1. The third-order valence-corrected chi connectivity index (χ3v) is 3.05. The lowest BCUT2D eigenvalue weighted by atomic mass is 9.75. The Morgan fingerprint density at radius 1 is 1.60 bits per heavy atom. The van der Waals surface area contributed by atoms with E-state index in [2.05, 4.69) is 19.2 Å². The van der Waals surface area contributed by atoms with Crippen LogP contribution in [0.2, 0.25) is 0 Å².